The van der Waals surface area contributed by atoms with Gasteiger partial charge >= 0.3 is 0 Å². The molecule has 2 atom stereocenters. The number of methoxy groups -OCH3 is 1. The minimum Gasteiger partial charge on any atom is -0.493 e. The number of carbonyl (C=O) groups excluding carboxylic acids is 1. The zero-order chi connectivity index (χ0) is 18.3. The first-order chi connectivity index (χ1) is 12.6. The minimum atomic E-state index is -0.267. The molecule has 1 amide bonds. The zero-order valence-electron chi connectivity index (χ0n) is 15.3. The Labute approximate surface area is 157 Å². The van der Waals surface area contributed by atoms with E-state index in [1.54, 1.807) is 18.4 Å². The van der Waals surface area contributed by atoms with Gasteiger partial charge in [-0.1, -0.05) is 13.0 Å². The van der Waals surface area contributed by atoms with E-state index in [1.807, 2.05) is 25.1 Å². The predicted octanol–water partition coefficient (Wildman–Crippen LogP) is 4.13. The quantitative estimate of drug-likeness (QED) is 0.847. The fourth-order valence-electron chi connectivity index (χ4n) is 3.77. The van der Waals surface area contributed by atoms with E-state index in [2.05, 4.69) is 17.6 Å². The van der Waals surface area contributed by atoms with Crippen molar-refractivity contribution in [2.75, 3.05) is 19.0 Å². The van der Waals surface area contributed by atoms with Gasteiger partial charge < -0.3 is 20.1 Å². The van der Waals surface area contributed by atoms with Crippen molar-refractivity contribution in [3.05, 3.63) is 39.8 Å². The van der Waals surface area contributed by atoms with Gasteiger partial charge in [-0.05, 0) is 55.4 Å². The number of hydrogen-bond donors (Lipinski definition) is 2. The molecule has 138 valence electrons. The first kappa shape index (κ1) is 17.2. The number of anilines is 1. The number of carbonyl (C=O) groups is 1. The van der Waals surface area contributed by atoms with Crippen LogP contribution >= 0.6 is 11.3 Å². The van der Waals surface area contributed by atoms with Gasteiger partial charge in [0, 0.05) is 4.88 Å². The van der Waals surface area contributed by atoms with Crippen molar-refractivity contribution in [3.63, 3.8) is 0 Å². The molecule has 0 saturated carbocycles. The van der Waals surface area contributed by atoms with Crippen LogP contribution in [0.15, 0.2) is 18.2 Å². The van der Waals surface area contributed by atoms with Crippen LogP contribution in [0.3, 0.4) is 0 Å². The Balaban J connectivity index is 1.64. The van der Waals surface area contributed by atoms with Crippen molar-refractivity contribution in [2.45, 2.75) is 39.3 Å². The number of ether oxygens (including phenoxy) is 2. The molecule has 1 aliphatic heterocycles. The van der Waals surface area contributed by atoms with Gasteiger partial charge in [-0.3, -0.25) is 4.79 Å². The fourth-order valence-corrected chi connectivity index (χ4v) is 5.20. The van der Waals surface area contributed by atoms with E-state index in [9.17, 15) is 4.79 Å². The van der Waals surface area contributed by atoms with Gasteiger partial charge in [0.25, 0.3) is 5.91 Å². The highest BCUT2D eigenvalue weighted by Gasteiger charge is 2.33. The Morgan fingerprint density at radius 1 is 1.27 bits per heavy atom. The molecular weight excluding hydrogens is 348 g/mol. The lowest BCUT2D eigenvalue weighted by Gasteiger charge is -2.27. The van der Waals surface area contributed by atoms with Crippen LogP contribution in [0, 0.1) is 5.92 Å². The van der Waals surface area contributed by atoms with Crippen molar-refractivity contribution >= 4 is 22.2 Å². The predicted molar refractivity (Wildman–Crippen MR) is 104 cm³/mol. The van der Waals surface area contributed by atoms with E-state index in [0.717, 1.165) is 35.4 Å². The second kappa shape index (κ2) is 6.83. The van der Waals surface area contributed by atoms with E-state index in [0.29, 0.717) is 24.0 Å². The number of fused-ring (bicyclic) bond motifs is 3. The molecule has 0 saturated heterocycles. The summed E-state index contributed by atoms with van der Waals surface area (Å²) in [5.74, 6) is 2.09. The van der Waals surface area contributed by atoms with Crippen molar-refractivity contribution < 1.29 is 14.3 Å². The number of thiophene rings is 1. The highest BCUT2D eigenvalue weighted by atomic mass is 32.1. The van der Waals surface area contributed by atoms with Crippen molar-refractivity contribution in [1.82, 2.24) is 5.32 Å². The summed E-state index contributed by atoms with van der Waals surface area (Å²) in [4.78, 5) is 14.2. The van der Waals surface area contributed by atoms with Crippen LogP contribution in [0.4, 0.5) is 5.00 Å². The molecule has 26 heavy (non-hydrogen) atoms. The molecule has 0 bridgehead atoms. The fraction of sp³-hybridized carbons (Fsp3) is 0.450. The highest BCUT2D eigenvalue weighted by Crippen LogP contribution is 2.43. The Bertz CT molecular complexity index is 846. The average Bonchev–Trinajstić information content (AvgIpc) is 3.00. The van der Waals surface area contributed by atoms with Gasteiger partial charge in [0.15, 0.2) is 11.5 Å². The van der Waals surface area contributed by atoms with Crippen LogP contribution in [-0.2, 0) is 12.8 Å². The maximum absolute atomic E-state index is 12.8. The van der Waals surface area contributed by atoms with Crippen LogP contribution in [0.2, 0.25) is 0 Å². The Hall–Kier alpha value is -2.21. The monoisotopic (exact) mass is 372 g/mol. The molecule has 4 rings (SSSR count). The molecule has 2 aromatic rings. The molecular formula is C20H24N2O3S. The molecule has 2 N–H and O–H groups in total. The van der Waals surface area contributed by atoms with Crippen molar-refractivity contribution in [2.24, 2.45) is 5.92 Å². The summed E-state index contributed by atoms with van der Waals surface area (Å²) in [5, 5.41) is 7.60. The second-order valence-electron chi connectivity index (χ2n) is 6.95. The second-order valence-corrected chi connectivity index (χ2v) is 8.06. The van der Waals surface area contributed by atoms with Crippen LogP contribution in [0.25, 0.3) is 0 Å². The van der Waals surface area contributed by atoms with E-state index in [-0.39, 0.29) is 12.1 Å². The molecule has 1 aromatic carbocycles. The molecule has 1 aromatic heterocycles. The summed E-state index contributed by atoms with van der Waals surface area (Å²) in [7, 11) is 1.63. The molecule has 5 nitrogen and oxygen atoms in total. The van der Waals surface area contributed by atoms with Crippen LogP contribution in [-0.4, -0.2) is 19.6 Å². The Morgan fingerprint density at radius 2 is 2.12 bits per heavy atom. The van der Waals surface area contributed by atoms with Crippen LogP contribution in [0.1, 0.15) is 52.8 Å². The van der Waals surface area contributed by atoms with Gasteiger partial charge in [-0.25, -0.2) is 0 Å². The van der Waals surface area contributed by atoms with Crippen molar-refractivity contribution in [3.8, 4) is 11.5 Å². The van der Waals surface area contributed by atoms with Gasteiger partial charge in [-0.2, -0.15) is 0 Å². The highest BCUT2D eigenvalue weighted by molar-refractivity contribution is 7.16. The molecule has 0 spiro atoms. The summed E-state index contributed by atoms with van der Waals surface area (Å²) >= 11 is 1.74. The molecule has 0 unspecified atom stereocenters. The lowest BCUT2D eigenvalue weighted by molar-refractivity contribution is 0.0935. The number of nitrogens with one attached hydrogen (secondary N) is 2. The van der Waals surface area contributed by atoms with E-state index < -0.39 is 0 Å². The average molecular weight is 372 g/mol. The smallest absolute Gasteiger partial charge is 0.256 e. The topological polar surface area (TPSA) is 59.6 Å². The van der Waals surface area contributed by atoms with E-state index in [1.165, 1.54) is 10.4 Å². The van der Waals surface area contributed by atoms with Crippen molar-refractivity contribution in [1.29, 1.82) is 0 Å². The summed E-state index contributed by atoms with van der Waals surface area (Å²) in [6.07, 6.45) is 2.96. The maximum Gasteiger partial charge on any atom is 0.256 e. The summed E-state index contributed by atoms with van der Waals surface area (Å²) in [5.41, 5.74) is 3.05. The first-order valence-corrected chi connectivity index (χ1v) is 9.95. The van der Waals surface area contributed by atoms with Gasteiger partial charge in [0.05, 0.1) is 19.3 Å². The SMILES string of the molecule is CCOc1ccc([C@@H]2NC(=O)c3c(sc4c3CC[C@@H](C)C4)N2)cc1OC. The minimum absolute atomic E-state index is 0.0173. The van der Waals surface area contributed by atoms with E-state index in [4.69, 9.17) is 9.47 Å². The number of hydrogen-bond acceptors (Lipinski definition) is 5. The third-order valence-corrected chi connectivity index (χ3v) is 6.30. The first-order valence-electron chi connectivity index (χ1n) is 9.13. The zero-order valence-corrected chi connectivity index (χ0v) is 16.2. The Kier molecular flexibility index (Phi) is 4.53. The summed E-state index contributed by atoms with van der Waals surface area (Å²) < 4.78 is 11.0. The van der Waals surface area contributed by atoms with Crippen LogP contribution in [0.5, 0.6) is 11.5 Å². The summed E-state index contributed by atoms with van der Waals surface area (Å²) in [6.45, 7) is 4.80. The molecule has 6 heteroatoms. The van der Waals surface area contributed by atoms with Gasteiger partial charge in [0.2, 0.25) is 0 Å². The third kappa shape index (κ3) is 2.92. The van der Waals surface area contributed by atoms with Gasteiger partial charge in [0.1, 0.15) is 11.2 Å². The molecule has 2 aliphatic rings. The number of rotatable bonds is 4. The standard InChI is InChI=1S/C20H24N2O3S/c1-4-25-14-8-6-12(10-15(14)24-3)18-21-19(23)17-13-7-5-11(2)9-16(13)26-20(17)22-18/h6,8,10-11,18,22H,4-5,7,9H2,1-3H3,(H,21,23)/t11-,18-/m1/s1. The number of amides is 1. The normalized spacial score (nSPS) is 21.3. The largest absolute Gasteiger partial charge is 0.493 e. The maximum atomic E-state index is 12.8. The van der Waals surface area contributed by atoms with E-state index >= 15 is 0 Å². The number of benzene rings is 1. The lowest BCUT2D eigenvalue weighted by atomic mass is 9.88. The molecule has 0 fully saturated rings. The third-order valence-electron chi connectivity index (χ3n) is 5.11. The Morgan fingerprint density at radius 3 is 2.88 bits per heavy atom. The van der Waals surface area contributed by atoms with Gasteiger partial charge in [-0.15, -0.1) is 11.3 Å². The lowest BCUT2D eigenvalue weighted by Crippen LogP contribution is -2.38. The molecule has 2 heterocycles. The van der Waals surface area contributed by atoms with Crippen LogP contribution < -0.4 is 20.1 Å². The molecule has 0 radical (unpaired) electrons. The molecule has 1 aliphatic carbocycles. The summed E-state index contributed by atoms with van der Waals surface area (Å²) in [6, 6.07) is 5.78.